The van der Waals surface area contributed by atoms with Crippen LogP contribution >= 0.6 is 0 Å². The fourth-order valence-corrected chi connectivity index (χ4v) is 3.81. The topological polar surface area (TPSA) is 15.3 Å². The van der Waals surface area contributed by atoms with Crippen LogP contribution in [-0.4, -0.2) is 30.1 Å². The summed E-state index contributed by atoms with van der Waals surface area (Å²) in [6.07, 6.45) is 6.91. The third-order valence-corrected chi connectivity index (χ3v) is 5.13. The molecule has 0 amide bonds. The molecule has 1 aromatic rings. The van der Waals surface area contributed by atoms with Gasteiger partial charge in [-0.2, -0.15) is 0 Å². The molecule has 1 unspecified atom stereocenters. The third-order valence-electron chi connectivity index (χ3n) is 5.13. The molecule has 2 aliphatic rings. The molecule has 0 radical (unpaired) electrons. The lowest BCUT2D eigenvalue weighted by Gasteiger charge is -2.31. The Labute approximate surface area is 129 Å². The molecule has 21 heavy (non-hydrogen) atoms. The predicted octanol–water partition coefficient (Wildman–Crippen LogP) is 3.72. The highest BCUT2D eigenvalue weighted by Crippen LogP contribution is 2.30. The molecule has 3 rings (SSSR count). The summed E-state index contributed by atoms with van der Waals surface area (Å²) < 4.78 is 0. The van der Waals surface area contributed by atoms with E-state index in [0.29, 0.717) is 6.04 Å². The van der Waals surface area contributed by atoms with Crippen LogP contribution in [0.4, 0.5) is 0 Å². The molecule has 0 spiro atoms. The van der Waals surface area contributed by atoms with Crippen LogP contribution in [0.5, 0.6) is 0 Å². The Bertz CT molecular complexity index is 461. The van der Waals surface area contributed by atoms with Crippen molar-refractivity contribution in [2.45, 2.75) is 71.5 Å². The van der Waals surface area contributed by atoms with Gasteiger partial charge in [-0.3, -0.25) is 4.90 Å². The van der Waals surface area contributed by atoms with Crippen LogP contribution in [0, 0.1) is 20.8 Å². The molecule has 1 saturated carbocycles. The molecule has 1 heterocycles. The maximum Gasteiger partial charge on any atom is 0.0242 e. The van der Waals surface area contributed by atoms with E-state index < -0.39 is 0 Å². The average molecular weight is 286 g/mol. The van der Waals surface area contributed by atoms with Crippen molar-refractivity contribution in [1.82, 2.24) is 10.2 Å². The second-order valence-electron chi connectivity index (χ2n) is 7.18. The van der Waals surface area contributed by atoms with E-state index >= 15 is 0 Å². The summed E-state index contributed by atoms with van der Waals surface area (Å²) in [6, 6.07) is 6.23. The quantitative estimate of drug-likeness (QED) is 0.887. The second-order valence-corrected chi connectivity index (χ2v) is 7.18. The summed E-state index contributed by atoms with van der Waals surface area (Å²) in [6.45, 7) is 10.3. The molecule has 1 aromatic carbocycles. The van der Waals surface area contributed by atoms with Crippen molar-refractivity contribution in [3.8, 4) is 0 Å². The number of hydrogen-bond donors (Lipinski definition) is 1. The van der Waals surface area contributed by atoms with Gasteiger partial charge in [0.1, 0.15) is 0 Å². The van der Waals surface area contributed by atoms with Gasteiger partial charge in [0, 0.05) is 25.2 Å². The minimum absolute atomic E-state index is 0.713. The Hall–Kier alpha value is -0.860. The molecule has 0 bridgehead atoms. The first-order valence-electron chi connectivity index (χ1n) is 8.67. The molecular formula is C19H30N2. The summed E-state index contributed by atoms with van der Waals surface area (Å²) in [7, 11) is 0. The van der Waals surface area contributed by atoms with Crippen LogP contribution in [0.1, 0.15) is 54.4 Å². The van der Waals surface area contributed by atoms with Crippen LogP contribution in [0.2, 0.25) is 0 Å². The summed E-state index contributed by atoms with van der Waals surface area (Å²) in [5.74, 6) is 0. The number of benzene rings is 1. The zero-order valence-electron chi connectivity index (χ0n) is 13.9. The number of hydrogen-bond acceptors (Lipinski definition) is 2. The van der Waals surface area contributed by atoms with Crippen LogP contribution in [0.25, 0.3) is 0 Å². The van der Waals surface area contributed by atoms with Gasteiger partial charge in [-0.15, -0.1) is 0 Å². The van der Waals surface area contributed by atoms with Gasteiger partial charge in [-0.25, -0.2) is 0 Å². The average Bonchev–Trinajstić information content (AvgIpc) is 3.27. The first-order chi connectivity index (χ1) is 10.1. The number of nitrogens with zero attached hydrogens (tertiary/aromatic N) is 1. The number of nitrogens with one attached hydrogen (secondary N) is 1. The Morgan fingerprint density at radius 2 is 1.76 bits per heavy atom. The van der Waals surface area contributed by atoms with Crippen molar-refractivity contribution in [2.75, 3.05) is 13.1 Å². The van der Waals surface area contributed by atoms with Crippen molar-refractivity contribution in [1.29, 1.82) is 0 Å². The Morgan fingerprint density at radius 1 is 1.05 bits per heavy atom. The van der Waals surface area contributed by atoms with Crippen molar-refractivity contribution < 1.29 is 0 Å². The van der Waals surface area contributed by atoms with Crippen molar-refractivity contribution in [3.05, 3.63) is 34.4 Å². The Balaban J connectivity index is 1.70. The fourth-order valence-electron chi connectivity index (χ4n) is 3.81. The maximum atomic E-state index is 3.71. The zero-order valence-corrected chi connectivity index (χ0v) is 13.9. The molecule has 2 fully saturated rings. The number of rotatable bonds is 5. The van der Waals surface area contributed by atoms with Gasteiger partial charge in [-0.05, 0) is 69.7 Å². The van der Waals surface area contributed by atoms with Gasteiger partial charge >= 0.3 is 0 Å². The van der Waals surface area contributed by atoms with Crippen molar-refractivity contribution >= 4 is 0 Å². The Kier molecular flexibility index (Phi) is 4.66. The molecule has 1 N–H and O–H groups in total. The molecule has 1 atom stereocenters. The highest BCUT2D eigenvalue weighted by molar-refractivity contribution is 5.37. The van der Waals surface area contributed by atoms with Gasteiger partial charge in [0.15, 0.2) is 0 Å². The zero-order chi connectivity index (χ0) is 14.8. The van der Waals surface area contributed by atoms with E-state index in [-0.39, 0.29) is 0 Å². The summed E-state index contributed by atoms with van der Waals surface area (Å²) in [4.78, 5) is 2.74. The van der Waals surface area contributed by atoms with Crippen molar-refractivity contribution in [3.63, 3.8) is 0 Å². The van der Waals surface area contributed by atoms with Gasteiger partial charge < -0.3 is 5.32 Å². The minimum Gasteiger partial charge on any atom is -0.313 e. The standard InChI is InChI=1S/C19H30N2/c1-14-10-15(2)19(16(3)11-14)13-21(18-7-8-18)12-17-6-4-5-9-20-17/h10-11,17-18,20H,4-9,12-13H2,1-3H3. The first kappa shape index (κ1) is 15.1. The lowest BCUT2D eigenvalue weighted by atomic mass is 9.98. The van der Waals surface area contributed by atoms with Gasteiger partial charge in [0.2, 0.25) is 0 Å². The largest absolute Gasteiger partial charge is 0.313 e. The lowest BCUT2D eigenvalue weighted by Crippen LogP contribution is -2.44. The van der Waals surface area contributed by atoms with E-state index in [0.717, 1.165) is 12.6 Å². The summed E-state index contributed by atoms with van der Waals surface area (Å²) >= 11 is 0. The van der Waals surface area contributed by atoms with Crippen LogP contribution in [0.15, 0.2) is 12.1 Å². The van der Waals surface area contributed by atoms with E-state index in [9.17, 15) is 0 Å². The lowest BCUT2D eigenvalue weighted by molar-refractivity contribution is 0.207. The number of aryl methyl sites for hydroxylation is 3. The third kappa shape index (κ3) is 3.87. The van der Waals surface area contributed by atoms with E-state index in [1.54, 1.807) is 5.56 Å². The van der Waals surface area contributed by atoms with Crippen LogP contribution in [0.3, 0.4) is 0 Å². The highest BCUT2D eigenvalue weighted by atomic mass is 15.2. The molecular weight excluding hydrogens is 256 g/mol. The molecule has 1 saturated heterocycles. The Morgan fingerprint density at radius 3 is 2.33 bits per heavy atom. The van der Waals surface area contributed by atoms with E-state index in [2.05, 4.69) is 43.1 Å². The molecule has 2 heteroatoms. The SMILES string of the molecule is Cc1cc(C)c(CN(CC2CCCCN2)C2CC2)c(C)c1. The molecule has 0 aromatic heterocycles. The normalized spacial score (nSPS) is 22.8. The fraction of sp³-hybridized carbons (Fsp3) is 0.684. The predicted molar refractivity (Wildman–Crippen MR) is 89.7 cm³/mol. The number of piperidine rings is 1. The molecule has 1 aliphatic carbocycles. The molecule has 116 valence electrons. The molecule has 2 nitrogen and oxygen atoms in total. The highest BCUT2D eigenvalue weighted by Gasteiger charge is 2.31. The van der Waals surface area contributed by atoms with Gasteiger partial charge in [0.05, 0.1) is 0 Å². The van der Waals surface area contributed by atoms with E-state index in [1.807, 2.05) is 0 Å². The molecule has 1 aliphatic heterocycles. The van der Waals surface area contributed by atoms with Gasteiger partial charge in [-0.1, -0.05) is 24.1 Å². The van der Waals surface area contributed by atoms with Crippen LogP contribution in [-0.2, 0) is 6.54 Å². The van der Waals surface area contributed by atoms with E-state index in [4.69, 9.17) is 0 Å². The smallest absolute Gasteiger partial charge is 0.0242 e. The van der Waals surface area contributed by atoms with E-state index in [1.165, 1.54) is 61.9 Å². The summed E-state index contributed by atoms with van der Waals surface area (Å²) in [5, 5.41) is 3.71. The van der Waals surface area contributed by atoms with Gasteiger partial charge in [0.25, 0.3) is 0 Å². The van der Waals surface area contributed by atoms with Crippen LogP contribution < -0.4 is 5.32 Å². The second kappa shape index (κ2) is 6.50. The summed E-state index contributed by atoms with van der Waals surface area (Å²) in [5.41, 5.74) is 5.88. The minimum atomic E-state index is 0.713. The first-order valence-corrected chi connectivity index (χ1v) is 8.67. The monoisotopic (exact) mass is 286 g/mol. The maximum absolute atomic E-state index is 3.71. The van der Waals surface area contributed by atoms with Crippen molar-refractivity contribution in [2.24, 2.45) is 0 Å².